The van der Waals surface area contributed by atoms with Crippen molar-refractivity contribution in [2.24, 2.45) is 5.92 Å². The molecule has 2 atom stereocenters. The minimum absolute atomic E-state index is 0.697. The first kappa shape index (κ1) is 17.1. The molecule has 3 rings (SSSR count). The molecular weight excluding hydrogens is 298 g/mol. The Bertz CT molecular complexity index is 647. The number of allylic oxidation sites excluding steroid dienone is 2. The molecule has 2 aliphatic rings. The second-order valence-corrected chi connectivity index (χ2v) is 7.26. The maximum Gasteiger partial charge on any atom is 0.161 e. The minimum Gasteiger partial charge on any atom is -0.493 e. The number of quaternary nitrogens is 1. The summed E-state index contributed by atoms with van der Waals surface area (Å²) in [5, 5.41) is 0. The van der Waals surface area contributed by atoms with E-state index < -0.39 is 0 Å². The summed E-state index contributed by atoms with van der Waals surface area (Å²) in [6, 6.07) is 4.32. The van der Waals surface area contributed by atoms with Crippen molar-refractivity contribution in [3.63, 3.8) is 0 Å². The van der Waals surface area contributed by atoms with Gasteiger partial charge in [-0.05, 0) is 55.4 Å². The van der Waals surface area contributed by atoms with E-state index >= 15 is 0 Å². The number of fused-ring (bicyclic) bond motifs is 1. The third kappa shape index (κ3) is 3.67. The van der Waals surface area contributed by atoms with Gasteiger partial charge in [0.05, 0.1) is 27.3 Å². The van der Waals surface area contributed by atoms with Crippen LogP contribution in [-0.2, 0) is 13.0 Å². The van der Waals surface area contributed by atoms with Crippen LogP contribution in [0.1, 0.15) is 37.3 Å². The Morgan fingerprint density at radius 3 is 2.46 bits per heavy atom. The summed E-state index contributed by atoms with van der Waals surface area (Å²) in [6.07, 6.45) is 7.28. The topological polar surface area (TPSA) is 22.9 Å². The van der Waals surface area contributed by atoms with Crippen molar-refractivity contribution in [3.05, 3.63) is 47.1 Å². The first-order chi connectivity index (χ1) is 11.6. The summed E-state index contributed by atoms with van der Waals surface area (Å²) in [7, 11) is 3.42. The lowest BCUT2D eigenvalue weighted by Crippen LogP contribution is -3.11. The summed E-state index contributed by atoms with van der Waals surface area (Å²) in [6.45, 7) is 9.74. The second-order valence-electron chi connectivity index (χ2n) is 7.26. The Labute approximate surface area is 146 Å². The van der Waals surface area contributed by atoms with Gasteiger partial charge in [0.15, 0.2) is 11.5 Å². The van der Waals surface area contributed by atoms with Crippen molar-refractivity contribution < 1.29 is 14.4 Å². The summed E-state index contributed by atoms with van der Waals surface area (Å²) in [4.78, 5) is 1.66. The van der Waals surface area contributed by atoms with Crippen molar-refractivity contribution in [2.45, 2.75) is 39.2 Å². The van der Waals surface area contributed by atoms with Crippen molar-refractivity contribution in [3.8, 4) is 11.5 Å². The molecule has 1 N–H and O–H groups in total. The fraction of sp³-hybridized carbons (Fsp3) is 0.524. The highest BCUT2D eigenvalue weighted by Crippen LogP contribution is 2.31. The molecule has 3 heteroatoms. The zero-order valence-corrected chi connectivity index (χ0v) is 15.3. The van der Waals surface area contributed by atoms with Gasteiger partial charge in [-0.25, -0.2) is 0 Å². The third-order valence-corrected chi connectivity index (χ3v) is 5.57. The molecule has 0 saturated carbocycles. The van der Waals surface area contributed by atoms with Crippen LogP contribution in [0.15, 0.2) is 35.9 Å². The summed E-state index contributed by atoms with van der Waals surface area (Å²) in [5.41, 5.74) is 5.79. The predicted octanol–water partition coefficient (Wildman–Crippen LogP) is 2.95. The molecule has 3 nitrogen and oxygen atoms in total. The second kappa shape index (κ2) is 7.43. The number of hydrogen-bond donors (Lipinski definition) is 1. The number of hydrogen-bond acceptors (Lipinski definition) is 2. The van der Waals surface area contributed by atoms with Gasteiger partial charge in [-0.3, -0.25) is 0 Å². The molecule has 0 radical (unpaired) electrons. The monoisotopic (exact) mass is 328 g/mol. The SMILES string of the molecule is C=C(C)[C@@H]1CC=C(C[NH+]2CCc3cc(OC)c(OC)cc3C2)CC1. The average molecular weight is 328 g/mol. The maximum absolute atomic E-state index is 5.47. The van der Waals surface area contributed by atoms with Crippen LogP contribution in [0.5, 0.6) is 11.5 Å². The Balaban J connectivity index is 1.66. The van der Waals surface area contributed by atoms with E-state index in [0.717, 1.165) is 24.5 Å². The van der Waals surface area contributed by atoms with Crippen LogP contribution >= 0.6 is 0 Å². The van der Waals surface area contributed by atoms with E-state index in [9.17, 15) is 0 Å². The number of methoxy groups -OCH3 is 2. The highest BCUT2D eigenvalue weighted by Gasteiger charge is 2.24. The summed E-state index contributed by atoms with van der Waals surface area (Å²) >= 11 is 0. The smallest absolute Gasteiger partial charge is 0.161 e. The Morgan fingerprint density at radius 1 is 1.17 bits per heavy atom. The van der Waals surface area contributed by atoms with E-state index in [2.05, 4.69) is 31.7 Å². The van der Waals surface area contributed by atoms with Crippen molar-refractivity contribution in [1.82, 2.24) is 0 Å². The van der Waals surface area contributed by atoms with Crippen LogP contribution in [0.3, 0.4) is 0 Å². The van der Waals surface area contributed by atoms with Gasteiger partial charge in [-0.2, -0.15) is 0 Å². The minimum atomic E-state index is 0.697. The van der Waals surface area contributed by atoms with Crippen LogP contribution in [0.2, 0.25) is 0 Å². The van der Waals surface area contributed by atoms with Crippen molar-refractivity contribution in [1.29, 1.82) is 0 Å². The van der Waals surface area contributed by atoms with Crippen molar-refractivity contribution >= 4 is 0 Å². The van der Waals surface area contributed by atoms with Crippen LogP contribution in [0.4, 0.5) is 0 Å². The zero-order valence-electron chi connectivity index (χ0n) is 15.3. The van der Waals surface area contributed by atoms with Gasteiger partial charge in [-0.1, -0.05) is 18.2 Å². The summed E-state index contributed by atoms with van der Waals surface area (Å²) < 4.78 is 10.9. The average Bonchev–Trinajstić information content (AvgIpc) is 2.60. The highest BCUT2D eigenvalue weighted by molar-refractivity contribution is 5.47. The molecule has 130 valence electrons. The quantitative estimate of drug-likeness (QED) is 0.840. The van der Waals surface area contributed by atoms with Gasteiger partial charge in [0, 0.05) is 12.0 Å². The number of ether oxygens (including phenoxy) is 2. The van der Waals surface area contributed by atoms with E-state index in [1.54, 1.807) is 24.7 Å². The predicted molar refractivity (Wildman–Crippen MR) is 97.9 cm³/mol. The van der Waals surface area contributed by atoms with E-state index in [0.29, 0.717) is 5.92 Å². The van der Waals surface area contributed by atoms with Gasteiger partial charge >= 0.3 is 0 Å². The molecular formula is C21H30NO2+. The molecule has 1 aliphatic carbocycles. The molecule has 0 amide bonds. The number of rotatable bonds is 5. The van der Waals surface area contributed by atoms with Gasteiger partial charge in [0.2, 0.25) is 0 Å². The van der Waals surface area contributed by atoms with Gasteiger partial charge < -0.3 is 14.4 Å². The maximum atomic E-state index is 5.47. The van der Waals surface area contributed by atoms with Gasteiger partial charge in [0.1, 0.15) is 6.54 Å². The van der Waals surface area contributed by atoms with Crippen LogP contribution in [-0.4, -0.2) is 27.3 Å². The molecule has 1 unspecified atom stereocenters. The Hall–Kier alpha value is -1.74. The van der Waals surface area contributed by atoms with E-state index in [1.807, 2.05) is 0 Å². The molecule has 0 spiro atoms. The van der Waals surface area contributed by atoms with E-state index in [4.69, 9.17) is 9.47 Å². The third-order valence-electron chi connectivity index (χ3n) is 5.57. The fourth-order valence-electron chi connectivity index (χ4n) is 4.00. The first-order valence-electron chi connectivity index (χ1n) is 9.01. The zero-order chi connectivity index (χ0) is 17.1. The van der Waals surface area contributed by atoms with E-state index in [1.165, 1.54) is 49.1 Å². The van der Waals surface area contributed by atoms with Crippen LogP contribution in [0, 0.1) is 5.92 Å². The van der Waals surface area contributed by atoms with Crippen LogP contribution < -0.4 is 14.4 Å². The molecule has 24 heavy (non-hydrogen) atoms. The lowest BCUT2D eigenvalue weighted by atomic mass is 9.85. The normalized spacial score (nSPS) is 23.2. The highest BCUT2D eigenvalue weighted by atomic mass is 16.5. The first-order valence-corrected chi connectivity index (χ1v) is 9.01. The molecule has 1 aliphatic heterocycles. The number of nitrogens with one attached hydrogen (secondary N) is 1. The number of benzene rings is 1. The fourth-order valence-corrected chi connectivity index (χ4v) is 4.00. The molecule has 0 aromatic heterocycles. The molecule has 1 heterocycles. The van der Waals surface area contributed by atoms with Gasteiger partial charge in [0.25, 0.3) is 0 Å². The Kier molecular flexibility index (Phi) is 5.30. The lowest BCUT2D eigenvalue weighted by molar-refractivity contribution is -0.911. The van der Waals surface area contributed by atoms with Gasteiger partial charge in [-0.15, -0.1) is 0 Å². The molecule has 0 fully saturated rings. The largest absolute Gasteiger partial charge is 0.493 e. The molecule has 0 saturated heterocycles. The standard InChI is InChI=1S/C21H29NO2/c1-15(2)17-7-5-16(6-8-17)13-22-10-9-18-11-20(23-3)21(24-4)12-19(18)14-22/h5,11-12,17H,1,6-10,13-14H2,2-4H3/p+1/t17-/m1/s1. The van der Waals surface area contributed by atoms with Crippen LogP contribution in [0.25, 0.3) is 0 Å². The van der Waals surface area contributed by atoms with E-state index in [-0.39, 0.29) is 0 Å². The van der Waals surface area contributed by atoms with Crippen molar-refractivity contribution in [2.75, 3.05) is 27.3 Å². The molecule has 1 aromatic rings. The summed E-state index contributed by atoms with van der Waals surface area (Å²) in [5.74, 6) is 2.39. The molecule has 0 bridgehead atoms. The lowest BCUT2D eigenvalue weighted by Gasteiger charge is -2.29. The molecule has 1 aromatic carbocycles. The Morgan fingerprint density at radius 2 is 1.88 bits per heavy atom.